The summed E-state index contributed by atoms with van der Waals surface area (Å²) in [5.41, 5.74) is 0.887. The van der Waals surface area contributed by atoms with Crippen LogP contribution < -0.4 is 14.2 Å². The number of pyridine rings is 1. The average molecular weight is 391 g/mol. The highest BCUT2D eigenvalue weighted by molar-refractivity contribution is 6.31. The van der Waals surface area contributed by atoms with Crippen molar-refractivity contribution < 1.29 is 19.0 Å². The van der Waals surface area contributed by atoms with Gasteiger partial charge in [-0.25, -0.2) is 0 Å². The molecule has 3 rings (SSSR count). The smallest absolute Gasteiger partial charge is 0.227 e. The Hall–Kier alpha value is -2.47. The van der Waals surface area contributed by atoms with Crippen LogP contribution in [0.25, 0.3) is 0 Å². The molecule has 0 bridgehead atoms. The number of ether oxygens (including phenoxy) is 3. The summed E-state index contributed by atoms with van der Waals surface area (Å²) < 4.78 is 16.5. The third-order valence-corrected chi connectivity index (χ3v) is 4.85. The molecule has 1 unspecified atom stereocenters. The second-order valence-electron chi connectivity index (χ2n) is 6.39. The van der Waals surface area contributed by atoms with Gasteiger partial charge in [0.1, 0.15) is 16.9 Å². The quantitative estimate of drug-likeness (QED) is 0.756. The van der Waals surface area contributed by atoms with Gasteiger partial charge in [-0.15, -0.1) is 0 Å². The molecule has 1 aliphatic heterocycles. The Kier molecular flexibility index (Phi) is 6.40. The third-order valence-electron chi connectivity index (χ3n) is 4.56. The van der Waals surface area contributed by atoms with Crippen molar-refractivity contribution in [3.63, 3.8) is 0 Å². The number of hydrogen-bond acceptors (Lipinski definition) is 5. The van der Waals surface area contributed by atoms with Gasteiger partial charge in [0.25, 0.3) is 0 Å². The van der Waals surface area contributed by atoms with Crippen molar-refractivity contribution >= 4 is 17.5 Å². The van der Waals surface area contributed by atoms with Crippen LogP contribution in [0, 0.1) is 0 Å². The van der Waals surface area contributed by atoms with Crippen molar-refractivity contribution in [2.24, 2.45) is 0 Å². The van der Waals surface area contributed by atoms with E-state index >= 15 is 0 Å². The second-order valence-corrected chi connectivity index (χ2v) is 6.80. The standard InChI is InChI=1S/C20H23ClN2O4/c1-25-18-6-5-14(10-19(18)26-2)11-20(24)23-9-3-4-15(13-23)27-17-7-8-22-12-16(17)21/h5-8,10,12,15H,3-4,9,11,13H2,1-2H3. The van der Waals surface area contributed by atoms with Crippen LogP contribution in [0.4, 0.5) is 0 Å². The fourth-order valence-electron chi connectivity index (χ4n) is 3.18. The Bertz CT molecular complexity index is 799. The predicted molar refractivity (Wildman–Crippen MR) is 103 cm³/mol. The number of carbonyl (C=O) groups is 1. The fourth-order valence-corrected chi connectivity index (χ4v) is 3.34. The van der Waals surface area contributed by atoms with E-state index in [1.807, 2.05) is 23.1 Å². The lowest BCUT2D eigenvalue weighted by atomic mass is 10.1. The highest BCUT2D eigenvalue weighted by Crippen LogP contribution is 2.28. The SMILES string of the molecule is COc1ccc(CC(=O)N2CCCC(Oc3ccncc3Cl)C2)cc1OC. The van der Waals surface area contributed by atoms with E-state index in [0.29, 0.717) is 35.2 Å². The van der Waals surface area contributed by atoms with Gasteiger partial charge in [0.2, 0.25) is 5.91 Å². The van der Waals surface area contributed by atoms with Gasteiger partial charge >= 0.3 is 0 Å². The molecule has 1 saturated heterocycles. The number of benzene rings is 1. The van der Waals surface area contributed by atoms with Crippen molar-refractivity contribution in [3.8, 4) is 17.2 Å². The van der Waals surface area contributed by atoms with Crippen LogP contribution in [-0.4, -0.2) is 49.2 Å². The lowest BCUT2D eigenvalue weighted by Crippen LogP contribution is -2.45. The van der Waals surface area contributed by atoms with Crippen LogP contribution in [0.2, 0.25) is 5.02 Å². The number of halogens is 1. The summed E-state index contributed by atoms with van der Waals surface area (Å²) in [5, 5.41) is 0.478. The van der Waals surface area contributed by atoms with Gasteiger partial charge in [-0.2, -0.15) is 0 Å². The van der Waals surface area contributed by atoms with Gasteiger partial charge in [0.15, 0.2) is 11.5 Å². The van der Waals surface area contributed by atoms with Crippen molar-refractivity contribution in [1.82, 2.24) is 9.88 Å². The summed E-state index contributed by atoms with van der Waals surface area (Å²) in [6.45, 7) is 1.28. The first-order valence-electron chi connectivity index (χ1n) is 8.85. The van der Waals surface area contributed by atoms with Gasteiger partial charge in [-0.1, -0.05) is 17.7 Å². The molecule has 27 heavy (non-hydrogen) atoms. The molecule has 1 fully saturated rings. The van der Waals surface area contributed by atoms with Gasteiger partial charge in [0.05, 0.1) is 27.2 Å². The number of piperidine rings is 1. The lowest BCUT2D eigenvalue weighted by Gasteiger charge is -2.33. The predicted octanol–water partition coefficient (Wildman–Crippen LogP) is 3.36. The van der Waals surface area contributed by atoms with Crippen LogP contribution in [0.3, 0.4) is 0 Å². The molecule has 1 amide bonds. The zero-order valence-corrected chi connectivity index (χ0v) is 16.2. The molecule has 1 aromatic heterocycles. The third kappa shape index (κ3) is 4.83. The molecule has 144 valence electrons. The molecule has 6 nitrogen and oxygen atoms in total. The lowest BCUT2D eigenvalue weighted by molar-refractivity contribution is -0.133. The van der Waals surface area contributed by atoms with E-state index in [0.717, 1.165) is 24.9 Å². The zero-order chi connectivity index (χ0) is 19.2. The van der Waals surface area contributed by atoms with E-state index in [4.69, 9.17) is 25.8 Å². The first-order valence-corrected chi connectivity index (χ1v) is 9.23. The van der Waals surface area contributed by atoms with Gasteiger partial charge in [0, 0.05) is 25.0 Å². The molecular weight excluding hydrogens is 368 g/mol. The van der Waals surface area contributed by atoms with Crippen molar-refractivity contribution in [1.29, 1.82) is 0 Å². The van der Waals surface area contributed by atoms with Gasteiger partial charge in [-0.05, 0) is 30.5 Å². The molecule has 1 aromatic carbocycles. The van der Waals surface area contributed by atoms with Gasteiger partial charge < -0.3 is 19.1 Å². The molecule has 0 N–H and O–H groups in total. The molecule has 0 radical (unpaired) electrons. The van der Waals surface area contributed by atoms with E-state index < -0.39 is 0 Å². The van der Waals surface area contributed by atoms with Crippen LogP contribution in [0.5, 0.6) is 17.2 Å². The van der Waals surface area contributed by atoms with Crippen LogP contribution in [-0.2, 0) is 11.2 Å². The Morgan fingerprint density at radius 1 is 1.22 bits per heavy atom. The maximum absolute atomic E-state index is 12.7. The minimum atomic E-state index is -0.0759. The molecule has 0 spiro atoms. The fraction of sp³-hybridized carbons (Fsp3) is 0.400. The molecule has 7 heteroatoms. The minimum absolute atomic E-state index is 0.0661. The van der Waals surface area contributed by atoms with Crippen LogP contribution >= 0.6 is 11.6 Å². The molecular formula is C20H23ClN2O4. The minimum Gasteiger partial charge on any atom is -0.493 e. The molecule has 1 aliphatic rings. The second kappa shape index (κ2) is 8.95. The number of hydrogen-bond donors (Lipinski definition) is 0. The molecule has 0 saturated carbocycles. The van der Waals surface area contributed by atoms with E-state index in [2.05, 4.69) is 4.98 Å². The summed E-state index contributed by atoms with van der Waals surface area (Å²) in [5.74, 6) is 1.94. The van der Waals surface area contributed by atoms with E-state index in [1.165, 1.54) is 0 Å². The Balaban J connectivity index is 1.62. The Labute approximate surface area is 164 Å². The molecule has 2 heterocycles. The van der Waals surface area contributed by atoms with Crippen molar-refractivity contribution in [2.75, 3.05) is 27.3 Å². The van der Waals surface area contributed by atoms with Crippen molar-refractivity contribution in [2.45, 2.75) is 25.4 Å². The Morgan fingerprint density at radius 3 is 2.78 bits per heavy atom. The largest absolute Gasteiger partial charge is 0.493 e. The number of amides is 1. The summed E-state index contributed by atoms with van der Waals surface area (Å²) in [6.07, 6.45) is 5.21. The van der Waals surface area contributed by atoms with Crippen molar-refractivity contribution in [3.05, 3.63) is 47.2 Å². The van der Waals surface area contributed by atoms with E-state index in [9.17, 15) is 4.79 Å². The van der Waals surface area contributed by atoms with Crippen LogP contribution in [0.15, 0.2) is 36.7 Å². The van der Waals surface area contributed by atoms with Crippen LogP contribution in [0.1, 0.15) is 18.4 Å². The first-order chi connectivity index (χ1) is 13.1. The van der Waals surface area contributed by atoms with E-state index in [1.54, 1.807) is 32.7 Å². The average Bonchev–Trinajstić information content (AvgIpc) is 2.70. The number of likely N-dealkylation sites (tertiary alicyclic amines) is 1. The monoisotopic (exact) mass is 390 g/mol. The molecule has 1 atom stereocenters. The number of aromatic nitrogens is 1. The highest BCUT2D eigenvalue weighted by Gasteiger charge is 2.25. The summed E-state index contributed by atoms with van der Waals surface area (Å²) in [6, 6.07) is 7.28. The van der Waals surface area contributed by atoms with Gasteiger partial charge in [-0.3, -0.25) is 9.78 Å². The topological polar surface area (TPSA) is 60.9 Å². The number of nitrogens with zero attached hydrogens (tertiary/aromatic N) is 2. The highest BCUT2D eigenvalue weighted by atomic mass is 35.5. The maximum Gasteiger partial charge on any atom is 0.227 e. The molecule has 0 aliphatic carbocycles. The normalized spacial score (nSPS) is 16.7. The summed E-state index contributed by atoms with van der Waals surface area (Å²) >= 11 is 6.11. The first kappa shape index (κ1) is 19.3. The number of methoxy groups -OCH3 is 2. The number of carbonyl (C=O) groups excluding carboxylic acids is 1. The Morgan fingerprint density at radius 2 is 2.04 bits per heavy atom. The van der Waals surface area contributed by atoms with E-state index in [-0.39, 0.29) is 12.0 Å². The summed E-state index contributed by atoms with van der Waals surface area (Å²) in [7, 11) is 3.17. The summed E-state index contributed by atoms with van der Waals surface area (Å²) in [4.78, 5) is 18.6. The number of rotatable bonds is 6. The molecule has 2 aromatic rings. The maximum atomic E-state index is 12.7. The zero-order valence-electron chi connectivity index (χ0n) is 15.5.